The smallest absolute Gasteiger partial charge is 0.434 e. The van der Waals surface area contributed by atoms with Gasteiger partial charge >= 0.3 is 12.3 Å². The number of unbranched alkanes of at least 4 members (excludes halogenated alkanes) is 6. The van der Waals surface area contributed by atoms with Crippen LogP contribution < -0.4 is 0 Å². The summed E-state index contributed by atoms with van der Waals surface area (Å²) in [5.74, 6) is 1.15. The van der Waals surface area contributed by atoms with Gasteiger partial charge in [0.2, 0.25) is 0 Å². The Morgan fingerprint density at radius 2 is 1.33 bits per heavy atom. The van der Waals surface area contributed by atoms with E-state index in [1.165, 1.54) is 32.1 Å². The van der Waals surface area contributed by atoms with Crippen LogP contribution in [0.15, 0.2) is 0 Å². The van der Waals surface area contributed by atoms with Crippen molar-refractivity contribution in [3.63, 3.8) is 0 Å². The fourth-order valence-electron chi connectivity index (χ4n) is 4.25. The minimum absolute atomic E-state index is 0.367. The summed E-state index contributed by atoms with van der Waals surface area (Å²) in [6.45, 7) is 9.56. The highest BCUT2D eigenvalue weighted by Gasteiger charge is 2.32. The van der Waals surface area contributed by atoms with Crippen LogP contribution in [-0.2, 0) is 18.9 Å². The molecule has 1 saturated carbocycles. The number of hydrogen-bond donors (Lipinski definition) is 0. The third kappa shape index (κ3) is 15.1. The van der Waals surface area contributed by atoms with Crippen LogP contribution in [0.4, 0.5) is 9.59 Å². The third-order valence-electron chi connectivity index (χ3n) is 6.51. The standard InChI is InChI=1S/C27H50O6/c1-5-7-17-23(6-2)21-31-27(29)33-25-19-14-13-18-24(25)32-26(28)30-20-15-11-9-8-10-12-16-22(3)4/h22-25H,5-21H2,1-4H3. The number of carbonyl (C=O) groups excluding carboxylic acids is 2. The predicted octanol–water partition coefficient (Wildman–Crippen LogP) is 8.21. The summed E-state index contributed by atoms with van der Waals surface area (Å²) in [7, 11) is 0. The van der Waals surface area contributed by atoms with Crippen LogP contribution >= 0.6 is 0 Å². The molecule has 3 unspecified atom stereocenters. The van der Waals surface area contributed by atoms with Gasteiger partial charge < -0.3 is 18.9 Å². The Labute approximate surface area is 202 Å². The normalized spacial score (nSPS) is 19.2. The Balaban J connectivity index is 2.21. The molecule has 0 amide bonds. The summed E-state index contributed by atoms with van der Waals surface area (Å²) in [4.78, 5) is 24.3. The average Bonchev–Trinajstić information content (AvgIpc) is 2.79. The molecule has 194 valence electrons. The summed E-state index contributed by atoms with van der Waals surface area (Å²) >= 11 is 0. The van der Waals surface area contributed by atoms with Gasteiger partial charge in [0.25, 0.3) is 0 Å². The molecule has 0 radical (unpaired) electrons. The topological polar surface area (TPSA) is 71.1 Å². The first kappa shape index (κ1) is 29.6. The lowest BCUT2D eigenvalue weighted by molar-refractivity contribution is -0.0730. The van der Waals surface area contributed by atoms with E-state index in [0.29, 0.717) is 32.0 Å². The first-order valence-electron chi connectivity index (χ1n) is 13.6. The molecule has 0 aromatic heterocycles. The van der Waals surface area contributed by atoms with Crippen molar-refractivity contribution < 1.29 is 28.5 Å². The van der Waals surface area contributed by atoms with E-state index in [-0.39, 0.29) is 0 Å². The first-order valence-corrected chi connectivity index (χ1v) is 13.6. The van der Waals surface area contributed by atoms with Gasteiger partial charge in [-0.3, -0.25) is 0 Å². The second-order valence-corrected chi connectivity index (χ2v) is 9.98. The molecular formula is C27H50O6. The van der Waals surface area contributed by atoms with Gasteiger partial charge in [-0.05, 0) is 50.4 Å². The quantitative estimate of drug-likeness (QED) is 0.157. The molecule has 1 aliphatic carbocycles. The van der Waals surface area contributed by atoms with E-state index in [1.807, 2.05) is 0 Å². The molecule has 3 atom stereocenters. The summed E-state index contributed by atoms with van der Waals surface area (Å²) in [6.07, 6.45) is 13.5. The maximum Gasteiger partial charge on any atom is 0.508 e. The molecule has 0 bridgehead atoms. The van der Waals surface area contributed by atoms with Crippen LogP contribution in [0.5, 0.6) is 0 Å². The Morgan fingerprint density at radius 1 is 0.758 bits per heavy atom. The van der Waals surface area contributed by atoms with Crippen LogP contribution in [0.1, 0.15) is 124 Å². The second kappa shape index (κ2) is 18.9. The van der Waals surface area contributed by atoms with E-state index in [9.17, 15) is 9.59 Å². The Kier molecular flexibility index (Phi) is 16.9. The van der Waals surface area contributed by atoms with Crippen molar-refractivity contribution in [3.8, 4) is 0 Å². The summed E-state index contributed by atoms with van der Waals surface area (Å²) < 4.78 is 21.6. The van der Waals surface area contributed by atoms with E-state index in [1.54, 1.807) is 0 Å². The van der Waals surface area contributed by atoms with E-state index < -0.39 is 24.5 Å². The molecule has 0 spiro atoms. The number of rotatable bonds is 17. The molecule has 6 heteroatoms. The van der Waals surface area contributed by atoms with Gasteiger partial charge in [-0.15, -0.1) is 0 Å². The maximum atomic E-state index is 12.2. The Bertz CT molecular complexity index is 507. The molecule has 1 fully saturated rings. The summed E-state index contributed by atoms with van der Waals surface area (Å²) in [6, 6.07) is 0. The van der Waals surface area contributed by atoms with Crippen LogP contribution in [0, 0.1) is 11.8 Å². The van der Waals surface area contributed by atoms with Crippen molar-refractivity contribution in [2.24, 2.45) is 11.8 Å². The van der Waals surface area contributed by atoms with Gasteiger partial charge in [-0.25, -0.2) is 9.59 Å². The second-order valence-electron chi connectivity index (χ2n) is 9.98. The molecule has 0 aromatic carbocycles. The zero-order valence-corrected chi connectivity index (χ0v) is 21.8. The maximum absolute atomic E-state index is 12.2. The molecule has 0 N–H and O–H groups in total. The fourth-order valence-corrected chi connectivity index (χ4v) is 4.25. The fraction of sp³-hybridized carbons (Fsp3) is 0.926. The van der Waals surface area contributed by atoms with Gasteiger partial charge in [0.1, 0.15) is 12.2 Å². The minimum atomic E-state index is -0.661. The molecule has 0 aliphatic heterocycles. The highest BCUT2D eigenvalue weighted by atomic mass is 16.8. The molecular weight excluding hydrogens is 420 g/mol. The van der Waals surface area contributed by atoms with Crippen molar-refractivity contribution in [2.75, 3.05) is 13.2 Å². The van der Waals surface area contributed by atoms with Gasteiger partial charge in [0, 0.05) is 0 Å². The largest absolute Gasteiger partial charge is 0.508 e. The average molecular weight is 471 g/mol. The van der Waals surface area contributed by atoms with Crippen LogP contribution in [0.3, 0.4) is 0 Å². The zero-order chi connectivity index (χ0) is 24.3. The van der Waals surface area contributed by atoms with Crippen molar-refractivity contribution in [1.29, 1.82) is 0 Å². The van der Waals surface area contributed by atoms with Crippen molar-refractivity contribution >= 4 is 12.3 Å². The highest BCUT2D eigenvalue weighted by molar-refractivity contribution is 5.61. The highest BCUT2D eigenvalue weighted by Crippen LogP contribution is 2.25. The van der Waals surface area contributed by atoms with Gasteiger partial charge in [-0.2, -0.15) is 0 Å². The van der Waals surface area contributed by atoms with Crippen molar-refractivity contribution in [3.05, 3.63) is 0 Å². The van der Waals surface area contributed by atoms with Crippen LogP contribution in [0.2, 0.25) is 0 Å². The molecule has 33 heavy (non-hydrogen) atoms. The zero-order valence-electron chi connectivity index (χ0n) is 21.8. The lowest BCUT2D eigenvalue weighted by atomic mass is 9.95. The lowest BCUT2D eigenvalue weighted by Crippen LogP contribution is -2.38. The first-order chi connectivity index (χ1) is 16.0. The van der Waals surface area contributed by atoms with E-state index in [0.717, 1.165) is 57.3 Å². The predicted molar refractivity (Wildman–Crippen MR) is 131 cm³/mol. The molecule has 1 rings (SSSR count). The summed E-state index contributed by atoms with van der Waals surface area (Å²) in [5, 5.41) is 0. The van der Waals surface area contributed by atoms with Gasteiger partial charge in [-0.1, -0.05) is 85.5 Å². The van der Waals surface area contributed by atoms with E-state index in [2.05, 4.69) is 27.7 Å². The minimum Gasteiger partial charge on any atom is -0.434 e. The Morgan fingerprint density at radius 3 is 1.91 bits per heavy atom. The Hall–Kier alpha value is -1.46. The number of carbonyl (C=O) groups is 2. The van der Waals surface area contributed by atoms with E-state index >= 15 is 0 Å². The van der Waals surface area contributed by atoms with Crippen molar-refractivity contribution in [1.82, 2.24) is 0 Å². The SMILES string of the molecule is CCCCC(CC)COC(=O)OC1CCCCC1OC(=O)OCCCCCCCCC(C)C. The molecule has 0 heterocycles. The van der Waals surface area contributed by atoms with E-state index in [4.69, 9.17) is 18.9 Å². The van der Waals surface area contributed by atoms with Crippen molar-refractivity contribution in [2.45, 2.75) is 136 Å². The molecule has 1 aliphatic rings. The number of hydrogen-bond acceptors (Lipinski definition) is 6. The molecule has 0 aromatic rings. The monoisotopic (exact) mass is 470 g/mol. The van der Waals surface area contributed by atoms with Crippen LogP contribution in [0.25, 0.3) is 0 Å². The number of ether oxygens (including phenoxy) is 4. The summed E-state index contributed by atoms with van der Waals surface area (Å²) in [5.41, 5.74) is 0. The van der Waals surface area contributed by atoms with Gasteiger partial charge in [0.05, 0.1) is 13.2 Å². The lowest BCUT2D eigenvalue weighted by Gasteiger charge is -2.30. The van der Waals surface area contributed by atoms with Crippen LogP contribution in [-0.4, -0.2) is 37.7 Å². The van der Waals surface area contributed by atoms with Gasteiger partial charge in [0.15, 0.2) is 0 Å². The molecule has 0 saturated heterocycles. The third-order valence-corrected chi connectivity index (χ3v) is 6.51. The molecule has 6 nitrogen and oxygen atoms in total.